The van der Waals surface area contributed by atoms with Crippen LogP contribution in [0.15, 0.2) is 66.7 Å². The minimum Gasteiger partial charge on any atom is -0.493 e. The molecule has 3 aromatic rings. The number of benzene rings is 3. The number of hydrogen-bond donors (Lipinski definition) is 1. The van der Waals surface area contributed by atoms with Crippen molar-refractivity contribution in [3.05, 3.63) is 88.2 Å². The molecule has 1 unspecified atom stereocenters. The van der Waals surface area contributed by atoms with Gasteiger partial charge in [0.1, 0.15) is 29.7 Å². The molecule has 0 aliphatic rings. The molecule has 0 saturated carbocycles. The van der Waals surface area contributed by atoms with Gasteiger partial charge in [-0.1, -0.05) is 35.3 Å². The van der Waals surface area contributed by atoms with Crippen LogP contribution in [-0.4, -0.2) is 61.1 Å². The van der Waals surface area contributed by atoms with Crippen LogP contribution in [0.4, 0.5) is 9.18 Å². The highest BCUT2D eigenvalue weighted by molar-refractivity contribution is 6.34. The maximum atomic E-state index is 13.2. The fourth-order valence-electron chi connectivity index (χ4n) is 3.65. The lowest BCUT2D eigenvalue weighted by Crippen LogP contribution is -2.38. The third-order valence-electron chi connectivity index (χ3n) is 5.57. The van der Waals surface area contributed by atoms with Crippen LogP contribution in [0.5, 0.6) is 17.2 Å². The third kappa shape index (κ3) is 10.6. The Morgan fingerprint density at radius 2 is 1.50 bits per heavy atom. The van der Waals surface area contributed by atoms with E-state index in [0.717, 1.165) is 5.56 Å². The Labute approximate surface area is 242 Å². The number of hydrogen-bond acceptors (Lipinski definition) is 6. The van der Waals surface area contributed by atoms with Crippen LogP contribution in [0.1, 0.15) is 18.9 Å². The predicted molar refractivity (Wildman–Crippen MR) is 149 cm³/mol. The van der Waals surface area contributed by atoms with Crippen LogP contribution in [-0.2, 0) is 16.0 Å². The molecule has 3 rings (SSSR count). The van der Waals surface area contributed by atoms with E-state index in [1.54, 1.807) is 49.4 Å². The highest BCUT2D eigenvalue weighted by Crippen LogP contribution is 2.24. The molecule has 0 heterocycles. The van der Waals surface area contributed by atoms with Crippen LogP contribution in [0, 0.1) is 5.82 Å². The Morgan fingerprint density at radius 1 is 0.875 bits per heavy atom. The van der Waals surface area contributed by atoms with Gasteiger partial charge in [0.05, 0.1) is 13.2 Å². The summed E-state index contributed by atoms with van der Waals surface area (Å²) in [6.07, 6.45) is -0.832. The normalized spacial score (nSPS) is 11.5. The summed E-state index contributed by atoms with van der Waals surface area (Å²) in [4.78, 5) is 25.6. The van der Waals surface area contributed by atoms with E-state index in [9.17, 15) is 19.1 Å². The fraction of sp³-hybridized carbons (Fsp3) is 0.310. The molecule has 0 aromatic heterocycles. The van der Waals surface area contributed by atoms with Crippen molar-refractivity contribution < 1.29 is 38.0 Å². The Kier molecular flexibility index (Phi) is 12.3. The lowest BCUT2D eigenvalue weighted by Gasteiger charge is -2.22. The number of carbonyl (C=O) groups is 2. The number of carboxylic acid groups (broad SMARTS) is 1. The van der Waals surface area contributed by atoms with Gasteiger partial charge in [-0.3, -0.25) is 0 Å². The highest BCUT2D eigenvalue weighted by Gasteiger charge is 2.18. The molecule has 1 atom stereocenters. The molecular formula is C29H30Cl2FNO7. The number of ether oxygens (including phenoxy) is 4. The number of amides is 1. The monoisotopic (exact) mass is 593 g/mol. The van der Waals surface area contributed by atoms with Gasteiger partial charge < -0.3 is 29.0 Å². The second-order valence-corrected chi connectivity index (χ2v) is 9.47. The Bertz CT molecular complexity index is 1220. The first kappa shape index (κ1) is 31.0. The summed E-state index contributed by atoms with van der Waals surface area (Å²) in [5.74, 6) is -0.174. The van der Waals surface area contributed by atoms with Crippen LogP contribution >= 0.6 is 23.2 Å². The summed E-state index contributed by atoms with van der Waals surface area (Å²) < 4.78 is 35.4. The summed E-state index contributed by atoms with van der Waals surface area (Å²) >= 11 is 12.0. The minimum absolute atomic E-state index is 0.166. The average molecular weight is 594 g/mol. The Hall–Kier alpha value is -3.53. The largest absolute Gasteiger partial charge is 0.493 e. The summed E-state index contributed by atoms with van der Waals surface area (Å²) in [6.45, 7) is 3.01. The standard InChI is InChI=1S/C29H30Cl2FNO7/c1-2-37-27(28(34)35)16-20-4-8-24(9-5-20)39-15-13-33(29(36)40-25-10-6-23(32)7-11-25)12-3-14-38-26-18-21(30)17-22(31)19-26/h4-11,17-19,27H,2-3,12-16H2,1H3,(H,34,35). The lowest BCUT2D eigenvalue weighted by atomic mass is 10.1. The van der Waals surface area contributed by atoms with Gasteiger partial charge in [-0.15, -0.1) is 0 Å². The first-order valence-electron chi connectivity index (χ1n) is 12.6. The number of rotatable bonds is 15. The van der Waals surface area contributed by atoms with Crippen molar-refractivity contribution in [1.82, 2.24) is 4.90 Å². The first-order chi connectivity index (χ1) is 19.2. The summed E-state index contributed by atoms with van der Waals surface area (Å²) in [7, 11) is 0. The molecule has 3 aromatic carbocycles. The molecule has 0 spiro atoms. The summed E-state index contributed by atoms with van der Waals surface area (Å²) in [5.41, 5.74) is 0.790. The van der Waals surface area contributed by atoms with Crippen molar-refractivity contribution in [2.45, 2.75) is 25.9 Å². The molecule has 1 amide bonds. The zero-order valence-corrected chi connectivity index (χ0v) is 23.4. The molecule has 0 saturated heterocycles. The molecule has 40 heavy (non-hydrogen) atoms. The van der Waals surface area contributed by atoms with Crippen molar-refractivity contribution in [2.24, 2.45) is 0 Å². The zero-order chi connectivity index (χ0) is 28.9. The molecule has 1 N–H and O–H groups in total. The second kappa shape index (κ2) is 15.9. The lowest BCUT2D eigenvalue weighted by molar-refractivity contribution is -0.149. The molecule has 0 radical (unpaired) electrons. The van der Waals surface area contributed by atoms with E-state index in [1.807, 2.05) is 0 Å². The van der Waals surface area contributed by atoms with Gasteiger partial charge in [0.15, 0.2) is 6.10 Å². The Balaban J connectivity index is 1.55. The molecule has 0 aliphatic carbocycles. The van der Waals surface area contributed by atoms with E-state index in [-0.39, 0.29) is 25.3 Å². The molecule has 8 nitrogen and oxygen atoms in total. The molecule has 11 heteroatoms. The average Bonchev–Trinajstić information content (AvgIpc) is 2.91. The topological polar surface area (TPSA) is 94.5 Å². The summed E-state index contributed by atoms with van der Waals surface area (Å²) in [6, 6.07) is 17.0. The van der Waals surface area contributed by atoms with Crippen LogP contribution in [0.2, 0.25) is 10.0 Å². The van der Waals surface area contributed by atoms with Gasteiger partial charge in [-0.05, 0) is 73.5 Å². The molecule has 214 valence electrons. The van der Waals surface area contributed by atoms with Crippen LogP contribution < -0.4 is 14.2 Å². The van der Waals surface area contributed by atoms with Gasteiger partial charge >= 0.3 is 12.1 Å². The van der Waals surface area contributed by atoms with E-state index >= 15 is 0 Å². The van der Waals surface area contributed by atoms with Gasteiger partial charge in [-0.25, -0.2) is 14.0 Å². The van der Waals surface area contributed by atoms with E-state index in [0.29, 0.717) is 47.7 Å². The van der Waals surface area contributed by atoms with Crippen molar-refractivity contribution in [3.63, 3.8) is 0 Å². The van der Waals surface area contributed by atoms with Gasteiger partial charge in [0.2, 0.25) is 0 Å². The summed E-state index contributed by atoms with van der Waals surface area (Å²) in [5, 5.41) is 10.2. The van der Waals surface area contributed by atoms with Crippen molar-refractivity contribution >= 4 is 35.3 Å². The highest BCUT2D eigenvalue weighted by atomic mass is 35.5. The van der Waals surface area contributed by atoms with Gasteiger partial charge in [0, 0.05) is 29.6 Å². The maximum Gasteiger partial charge on any atom is 0.415 e. The third-order valence-corrected chi connectivity index (χ3v) is 6.01. The molecular weight excluding hydrogens is 564 g/mol. The number of carboxylic acids is 1. The van der Waals surface area contributed by atoms with E-state index in [1.165, 1.54) is 29.2 Å². The molecule has 0 fully saturated rings. The van der Waals surface area contributed by atoms with E-state index in [4.69, 9.17) is 42.1 Å². The van der Waals surface area contributed by atoms with Crippen LogP contribution in [0.3, 0.4) is 0 Å². The first-order valence-corrected chi connectivity index (χ1v) is 13.4. The Morgan fingerprint density at radius 3 is 2.12 bits per heavy atom. The van der Waals surface area contributed by atoms with E-state index in [2.05, 4.69) is 0 Å². The maximum absolute atomic E-state index is 13.2. The smallest absolute Gasteiger partial charge is 0.415 e. The quantitative estimate of drug-likeness (QED) is 0.201. The number of nitrogens with zero attached hydrogens (tertiary/aromatic N) is 1. The second-order valence-electron chi connectivity index (χ2n) is 8.59. The van der Waals surface area contributed by atoms with E-state index < -0.39 is 24.0 Å². The van der Waals surface area contributed by atoms with Crippen molar-refractivity contribution in [2.75, 3.05) is 32.9 Å². The number of halogens is 3. The number of carbonyl (C=O) groups excluding carboxylic acids is 1. The SMILES string of the molecule is CCOC(Cc1ccc(OCCN(CCCOc2cc(Cl)cc(Cl)c2)C(=O)Oc2ccc(F)cc2)cc1)C(=O)O. The van der Waals surface area contributed by atoms with Crippen molar-refractivity contribution in [3.8, 4) is 17.2 Å². The predicted octanol–water partition coefficient (Wildman–Crippen LogP) is 6.51. The molecule has 0 bridgehead atoms. The van der Waals surface area contributed by atoms with Crippen molar-refractivity contribution in [1.29, 1.82) is 0 Å². The minimum atomic E-state index is -1.02. The van der Waals surface area contributed by atoms with Crippen LogP contribution in [0.25, 0.3) is 0 Å². The van der Waals surface area contributed by atoms with Gasteiger partial charge in [0.25, 0.3) is 0 Å². The molecule has 0 aliphatic heterocycles. The number of aliphatic carboxylic acids is 1. The zero-order valence-electron chi connectivity index (χ0n) is 21.9. The fourth-order valence-corrected chi connectivity index (χ4v) is 4.15. The van der Waals surface area contributed by atoms with Gasteiger partial charge in [-0.2, -0.15) is 0 Å².